The SMILES string of the molecule is O=[N+]([O-])c1ccc(OCC(O)COc2cccc3[nH]ccc23)c(F)c1. The Bertz CT molecular complexity index is 896. The van der Waals surface area contributed by atoms with E-state index in [-0.39, 0.29) is 24.7 Å². The van der Waals surface area contributed by atoms with Crippen molar-refractivity contribution >= 4 is 16.6 Å². The highest BCUT2D eigenvalue weighted by Gasteiger charge is 2.14. The number of nitrogens with zero attached hydrogens (tertiary/aromatic N) is 1. The third-order valence-electron chi connectivity index (χ3n) is 3.54. The van der Waals surface area contributed by atoms with Crippen molar-refractivity contribution in [2.45, 2.75) is 6.10 Å². The number of aromatic amines is 1. The first-order valence-corrected chi connectivity index (χ1v) is 7.48. The molecule has 0 aliphatic rings. The van der Waals surface area contributed by atoms with Crippen molar-refractivity contribution in [1.29, 1.82) is 0 Å². The molecule has 2 N–H and O–H groups in total. The lowest BCUT2D eigenvalue weighted by atomic mass is 10.2. The normalized spacial score (nSPS) is 12.1. The molecule has 3 aromatic rings. The summed E-state index contributed by atoms with van der Waals surface area (Å²) in [4.78, 5) is 12.9. The second-order valence-electron chi connectivity index (χ2n) is 5.34. The highest BCUT2D eigenvalue weighted by molar-refractivity contribution is 5.85. The number of fused-ring (bicyclic) bond motifs is 1. The van der Waals surface area contributed by atoms with Gasteiger partial charge >= 0.3 is 0 Å². The highest BCUT2D eigenvalue weighted by Crippen LogP contribution is 2.25. The van der Waals surface area contributed by atoms with Crippen LogP contribution in [0.4, 0.5) is 10.1 Å². The number of rotatable bonds is 7. The van der Waals surface area contributed by atoms with Crippen molar-refractivity contribution in [3.63, 3.8) is 0 Å². The van der Waals surface area contributed by atoms with Gasteiger partial charge in [0.1, 0.15) is 25.1 Å². The molecular formula is C17H15FN2O5. The van der Waals surface area contributed by atoms with Gasteiger partial charge in [-0.15, -0.1) is 0 Å². The maximum atomic E-state index is 13.7. The summed E-state index contributed by atoms with van der Waals surface area (Å²) in [5.74, 6) is -0.420. The summed E-state index contributed by atoms with van der Waals surface area (Å²) in [7, 11) is 0. The van der Waals surface area contributed by atoms with E-state index in [1.54, 1.807) is 12.3 Å². The van der Waals surface area contributed by atoms with E-state index in [2.05, 4.69) is 4.98 Å². The number of aliphatic hydroxyl groups excluding tert-OH is 1. The number of aliphatic hydroxyl groups is 1. The lowest BCUT2D eigenvalue weighted by Crippen LogP contribution is -2.25. The van der Waals surface area contributed by atoms with Crippen LogP contribution in [0.2, 0.25) is 0 Å². The summed E-state index contributed by atoms with van der Waals surface area (Å²) in [6.07, 6.45) is 0.790. The average Bonchev–Trinajstić information content (AvgIpc) is 3.08. The number of non-ortho nitro benzene ring substituents is 1. The van der Waals surface area contributed by atoms with Crippen molar-refractivity contribution < 1.29 is 23.9 Å². The maximum Gasteiger partial charge on any atom is 0.272 e. The van der Waals surface area contributed by atoms with E-state index < -0.39 is 16.8 Å². The van der Waals surface area contributed by atoms with E-state index in [9.17, 15) is 19.6 Å². The van der Waals surface area contributed by atoms with Gasteiger partial charge < -0.3 is 19.6 Å². The molecule has 130 valence electrons. The molecule has 25 heavy (non-hydrogen) atoms. The van der Waals surface area contributed by atoms with Gasteiger partial charge in [0.2, 0.25) is 0 Å². The monoisotopic (exact) mass is 346 g/mol. The van der Waals surface area contributed by atoms with Crippen LogP contribution in [0.5, 0.6) is 11.5 Å². The molecule has 1 atom stereocenters. The average molecular weight is 346 g/mol. The predicted molar refractivity (Wildman–Crippen MR) is 88.3 cm³/mol. The van der Waals surface area contributed by atoms with Gasteiger partial charge in [-0.3, -0.25) is 10.1 Å². The highest BCUT2D eigenvalue weighted by atomic mass is 19.1. The first-order valence-electron chi connectivity index (χ1n) is 7.48. The van der Waals surface area contributed by atoms with Crippen LogP contribution in [-0.2, 0) is 0 Å². The number of hydrogen-bond donors (Lipinski definition) is 2. The fraction of sp³-hybridized carbons (Fsp3) is 0.176. The Morgan fingerprint density at radius 3 is 2.64 bits per heavy atom. The molecule has 0 saturated carbocycles. The molecule has 2 aromatic carbocycles. The van der Waals surface area contributed by atoms with Gasteiger partial charge in [0.05, 0.1) is 11.0 Å². The number of nitro benzene ring substituents is 1. The van der Waals surface area contributed by atoms with Crippen molar-refractivity contribution in [1.82, 2.24) is 4.98 Å². The minimum Gasteiger partial charge on any atom is -0.490 e. The van der Waals surface area contributed by atoms with Gasteiger partial charge in [-0.1, -0.05) is 6.07 Å². The molecular weight excluding hydrogens is 331 g/mol. The van der Waals surface area contributed by atoms with E-state index in [4.69, 9.17) is 9.47 Å². The van der Waals surface area contributed by atoms with Crippen LogP contribution in [-0.4, -0.2) is 34.3 Å². The summed E-state index contributed by atoms with van der Waals surface area (Å²) in [5, 5.41) is 21.4. The zero-order chi connectivity index (χ0) is 17.8. The van der Waals surface area contributed by atoms with Crippen LogP contribution < -0.4 is 9.47 Å². The van der Waals surface area contributed by atoms with Crippen LogP contribution in [0.25, 0.3) is 10.9 Å². The van der Waals surface area contributed by atoms with E-state index in [0.29, 0.717) is 5.75 Å². The van der Waals surface area contributed by atoms with Gasteiger partial charge in [-0.2, -0.15) is 0 Å². The molecule has 0 fully saturated rings. The Labute approximate surface area is 141 Å². The first kappa shape index (κ1) is 16.7. The molecule has 3 rings (SSSR count). The van der Waals surface area contributed by atoms with Crippen LogP contribution in [0.1, 0.15) is 0 Å². The number of nitrogens with one attached hydrogen (secondary N) is 1. The Morgan fingerprint density at radius 2 is 1.92 bits per heavy atom. The van der Waals surface area contributed by atoms with Crippen molar-refractivity contribution in [2.24, 2.45) is 0 Å². The number of hydrogen-bond acceptors (Lipinski definition) is 5. The second kappa shape index (κ2) is 7.18. The first-order chi connectivity index (χ1) is 12.0. The second-order valence-corrected chi connectivity index (χ2v) is 5.34. The molecule has 1 unspecified atom stereocenters. The Hall–Kier alpha value is -3.13. The van der Waals surface area contributed by atoms with E-state index >= 15 is 0 Å². The molecule has 0 saturated heterocycles. The molecule has 0 radical (unpaired) electrons. The molecule has 0 aliphatic heterocycles. The maximum absolute atomic E-state index is 13.7. The fourth-order valence-corrected chi connectivity index (χ4v) is 2.32. The fourth-order valence-electron chi connectivity index (χ4n) is 2.32. The topological polar surface area (TPSA) is 97.6 Å². The lowest BCUT2D eigenvalue weighted by Gasteiger charge is -2.14. The van der Waals surface area contributed by atoms with E-state index in [1.807, 2.05) is 18.2 Å². The number of halogens is 1. The summed E-state index contributed by atoms with van der Waals surface area (Å²) >= 11 is 0. The summed E-state index contributed by atoms with van der Waals surface area (Å²) in [6.45, 7) is -0.253. The van der Waals surface area contributed by atoms with Crippen LogP contribution in [0.15, 0.2) is 48.7 Å². The summed E-state index contributed by atoms with van der Waals surface area (Å²) < 4.78 is 24.4. The zero-order valence-electron chi connectivity index (χ0n) is 13.0. The van der Waals surface area contributed by atoms with Gasteiger partial charge in [0.25, 0.3) is 5.69 Å². The molecule has 0 aliphatic carbocycles. The van der Waals surface area contributed by atoms with Gasteiger partial charge in [0, 0.05) is 23.2 Å². The van der Waals surface area contributed by atoms with Gasteiger partial charge in [-0.25, -0.2) is 4.39 Å². The smallest absolute Gasteiger partial charge is 0.272 e. The minimum atomic E-state index is -0.996. The van der Waals surface area contributed by atoms with E-state index in [1.165, 1.54) is 0 Å². The van der Waals surface area contributed by atoms with Gasteiger partial charge in [0.15, 0.2) is 11.6 Å². The lowest BCUT2D eigenvalue weighted by molar-refractivity contribution is -0.385. The number of H-pyrrole nitrogens is 1. The van der Waals surface area contributed by atoms with Crippen molar-refractivity contribution in [3.8, 4) is 11.5 Å². The summed E-state index contributed by atoms with van der Waals surface area (Å²) in [6, 6.07) is 10.4. The number of ether oxygens (including phenoxy) is 2. The molecule has 7 nitrogen and oxygen atoms in total. The van der Waals surface area contributed by atoms with Crippen molar-refractivity contribution in [3.05, 3.63) is 64.6 Å². The standard InChI is InChI=1S/C17H15FN2O5/c18-14-8-11(20(22)23)4-5-17(14)25-10-12(21)9-24-16-3-1-2-15-13(16)6-7-19-15/h1-8,12,19,21H,9-10H2. The third-order valence-corrected chi connectivity index (χ3v) is 3.54. The van der Waals surface area contributed by atoms with Crippen LogP contribution >= 0.6 is 0 Å². The van der Waals surface area contributed by atoms with Crippen molar-refractivity contribution in [2.75, 3.05) is 13.2 Å². The molecule has 1 aromatic heterocycles. The predicted octanol–water partition coefficient (Wildman–Crippen LogP) is 3.03. The molecule has 8 heteroatoms. The Morgan fingerprint density at radius 1 is 1.16 bits per heavy atom. The largest absolute Gasteiger partial charge is 0.490 e. The molecule has 0 amide bonds. The molecule has 0 bridgehead atoms. The minimum absolute atomic E-state index is 0.0428. The Kier molecular flexibility index (Phi) is 4.80. The quantitative estimate of drug-likeness (QED) is 0.506. The number of nitro groups is 1. The van der Waals surface area contributed by atoms with Crippen LogP contribution in [0.3, 0.4) is 0 Å². The molecule has 0 spiro atoms. The zero-order valence-corrected chi connectivity index (χ0v) is 13.0. The molecule has 1 heterocycles. The van der Waals surface area contributed by atoms with E-state index in [0.717, 1.165) is 29.1 Å². The Balaban J connectivity index is 1.55. The van der Waals surface area contributed by atoms with Gasteiger partial charge in [-0.05, 0) is 24.3 Å². The van der Waals surface area contributed by atoms with Crippen LogP contribution in [0, 0.1) is 15.9 Å². The number of benzene rings is 2. The third kappa shape index (κ3) is 3.86. The number of aromatic nitrogens is 1. The summed E-state index contributed by atoms with van der Waals surface area (Å²) in [5.41, 5.74) is 0.546.